The lowest BCUT2D eigenvalue weighted by Crippen LogP contribution is -1.99. The largest absolute Gasteiger partial charge is 0.343 e. The fraction of sp³-hybridized carbons (Fsp3) is 0.222. The van der Waals surface area contributed by atoms with Gasteiger partial charge >= 0.3 is 0 Å². The van der Waals surface area contributed by atoms with Gasteiger partial charge < -0.3 is 4.57 Å². The summed E-state index contributed by atoms with van der Waals surface area (Å²) in [5.41, 5.74) is 2.04. The number of carbonyl (C=O) groups excluding carboxylic acids is 1. The second kappa shape index (κ2) is 2.09. The van der Waals surface area contributed by atoms with Gasteiger partial charge in [-0.2, -0.15) is 0 Å². The average molecular weight is 147 g/mol. The van der Waals surface area contributed by atoms with Gasteiger partial charge in [0, 0.05) is 17.5 Å². The van der Waals surface area contributed by atoms with Crippen LogP contribution in [0.3, 0.4) is 0 Å². The summed E-state index contributed by atoms with van der Waals surface area (Å²) in [6.07, 6.45) is 3.93. The summed E-state index contributed by atoms with van der Waals surface area (Å²) >= 11 is 0. The number of Topliss-reactive ketones (excluding diaryl/α,β-unsaturated/α-hetero) is 1. The van der Waals surface area contributed by atoms with Gasteiger partial charge in [-0.1, -0.05) is 0 Å². The minimum absolute atomic E-state index is 0.175. The molecule has 0 atom stereocenters. The molecule has 0 saturated carbocycles. The van der Waals surface area contributed by atoms with Crippen LogP contribution in [0.25, 0.3) is 6.08 Å². The van der Waals surface area contributed by atoms with E-state index in [0.29, 0.717) is 0 Å². The highest BCUT2D eigenvalue weighted by Gasteiger charge is 2.13. The first-order valence-electron chi connectivity index (χ1n) is 3.64. The Morgan fingerprint density at radius 1 is 1.64 bits per heavy atom. The molecule has 56 valence electrons. The van der Waals surface area contributed by atoms with Gasteiger partial charge in [0.05, 0.1) is 6.54 Å². The Balaban J connectivity index is 2.38. The molecule has 2 heterocycles. The Bertz CT molecular complexity index is 333. The molecule has 1 aromatic rings. The lowest BCUT2D eigenvalue weighted by Gasteiger charge is -1.96. The monoisotopic (exact) mass is 147 g/mol. The average Bonchev–Trinajstić information content (AvgIpc) is 2.40. The van der Waals surface area contributed by atoms with Gasteiger partial charge in [0.25, 0.3) is 0 Å². The van der Waals surface area contributed by atoms with Crippen LogP contribution in [-0.2, 0) is 11.3 Å². The van der Waals surface area contributed by atoms with Crippen LogP contribution in [0.1, 0.15) is 12.6 Å². The summed E-state index contributed by atoms with van der Waals surface area (Å²) in [5.74, 6) is 0.175. The minimum Gasteiger partial charge on any atom is -0.343 e. The second-order valence-corrected chi connectivity index (χ2v) is 2.79. The Kier molecular flexibility index (Phi) is 1.22. The van der Waals surface area contributed by atoms with E-state index in [1.807, 2.05) is 24.4 Å². The maximum absolute atomic E-state index is 10.9. The zero-order valence-corrected chi connectivity index (χ0v) is 6.37. The highest BCUT2D eigenvalue weighted by Crippen LogP contribution is 2.18. The highest BCUT2D eigenvalue weighted by molar-refractivity contribution is 5.98. The fourth-order valence-electron chi connectivity index (χ4n) is 1.32. The molecular weight excluding hydrogens is 138 g/mol. The van der Waals surface area contributed by atoms with E-state index in [2.05, 4.69) is 4.57 Å². The number of aromatic nitrogens is 1. The van der Waals surface area contributed by atoms with E-state index >= 15 is 0 Å². The van der Waals surface area contributed by atoms with Crippen LogP contribution < -0.4 is 0 Å². The van der Waals surface area contributed by atoms with Crippen molar-refractivity contribution in [2.45, 2.75) is 13.5 Å². The van der Waals surface area contributed by atoms with E-state index in [4.69, 9.17) is 0 Å². The van der Waals surface area contributed by atoms with Gasteiger partial charge in [-0.25, -0.2) is 0 Å². The smallest absolute Gasteiger partial charge is 0.157 e. The number of ketones is 1. The van der Waals surface area contributed by atoms with Crippen molar-refractivity contribution in [1.82, 2.24) is 4.57 Å². The minimum atomic E-state index is 0.175. The third-order valence-electron chi connectivity index (χ3n) is 1.98. The van der Waals surface area contributed by atoms with Crippen molar-refractivity contribution in [3.8, 4) is 0 Å². The van der Waals surface area contributed by atoms with Crippen LogP contribution in [0.15, 0.2) is 23.9 Å². The van der Waals surface area contributed by atoms with Crippen LogP contribution >= 0.6 is 0 Å². The molecule has 0 spiro atoms. The standard InChI is InChI=1S/C9H9NO/c1-7(11)8-5-9-3-2-4-10(9)6-8/h2-5H,6H2,1H3. The number of hydrogen-bond donors (Lipinski definition) is 0. The molecule has 0 unspecified atom stereocenters. The first kappa shape index (κ1) is 6.40. The number of allylic oxidation sites excluding steroid dienone is 1. The second-order valence-electron chi connectivity index (χ2n) is 2.79. The Labute approximate surface area is 65.1 Å². The Morgan fingerprint density at radius 2 is 2.45 bits per heavy atom. The third-order valence-corrected chi connectivity index (χ3v) is 1.98. The summed E-state index contributed by atoms with van der Waals surface area (Å²) in [7, 11) is 0. The molecule has 11 heavy (non-hydrogen) atoms. The molecule has 1 aliphatic rings. The fourth-order valence-corrected chi connectivity index (χ4v) is 1.32. The third kappa shape index (κ3) is 0.909. The molecule has 2 heteroatoms. The van der Waals surface area contributed by atoms with Gasteiger partial charge in [0.2, 0.25) is 0 Å². The normalized spacial score (nSPS) is 14.5. The molecule has 0 N–H and O–H groups in total. The first-order chi connectivity index (χ1) is 5.27. The predicted molar refractivity (Wildman–Crippen MR) is 43.1 cm³/mol. The molecular formula is C9H9NO. The summed E-state index contributed by atoms with van der Waals surface area (Å²) in [6, 6.07) is 4.00. The van der Waals surface area contributed by atoms with E-state index in [1.54, 1.807) is 6.92 Å². The van der Waals surface area contributed by atoms with Crippen molar-refractivity contribution in [3.05, 3.63) is 29.6 Å². The maximum Gasteiger partial charge on any atom is 0.157 e. The molecule has 1 aliphatic heterocycles. The van der Waals surface area contributed by atoms with Crippen LogP contribution in [0, 0.1) is 0 Å². The van der Waals surface area contributed by atoms with E-state index in [-0.39, 0.29) is 5.78 Å². The van der Waals surface area contributed by atoms with Crippen LogP contribution in [0.4, 0.5) is 0 Å². The van der Waals surface area contributed by atoms with Gasteiger partial charge in [-0.3, -0.25) is 4.79 Å². The van der Waals surface area contributed by atoms with E-state index in [9.17, 15) is 4.79 Å². The van der Waals surface area contributed by atoms with E-state index in [1.165, 1.54) is 0 Å². The number of fused-ring (bicyclic) bond motifs is 1. The molecule has 2 nitrogen and oxygen atoms in total. The molecule has 0 aromatic carbocycles. The van der Waals surface area contributed by atoms with E-state index in [0.717, 1.165) is 17.8 Å². The van der Waals surface area contributed by atoms with Crippen molar-refractivity contribution < 1.29 is 4.79 Å². The van der Waals surface area contributed by atoms with Crippen LogP contribution in [-0.4, -0.2) is 10.4 Å². The SMILES string of the molecule is CC(=O)C1=Cc2cccn2C1. The Hall–Kier alpha value is -1.31. The predicted octanol–water partition coefficient (Wildman–Crippen LogP) is 1.47. The molecule has 0 amide bonds. The van der Waals surface area contributed by atoms with Crippen LogP contribution in [0.5, 0.6) is 0 Å². The molecule has 0 aliphatic carbocycles. The van der Waals surface area contributed by atoms with Crippen LogP contribution in [0.2, 0.25) is 0 Å². The van der Waals surface area contributed by atoms with Gasteiger partial charge in [0.1, 0.15) is 0 Å². The summed E-state index contributed by atoms with van der Waals surface area (Å²) in [4.78, 5) is 10.9. The topological polar surface area (TPSA) is 22.0 Å². The summed E-state index contributed by atoms with van der Waals surface area (Å²) < 4.78 is 2.07. The molecule has 2 rings (SSSR count). The van der Waals surface area contributed by atoms with Crippen molar-refractivity contribution in [3.63, 3.8) is 0 Å². The summed E-state index contributed by atoms with van der Waals surface area (Å²) in [5, 5.41) is 0. The van der Waals surface area contributed by atoms with Gasteiger partial charge in [0.15, 0.2) is 5.78 Å². The number of rotatable bonds is 1. The molecule has 0 bridgehead atoms. The number of nitrogens with zero attached hydrogens (tertiary/aromatic N) is 1. The van der Waals surface area contributed by atoms with Gasteiger partial charge in [-0.15, -0.1) is 0 Å². The molecule has 1 aromatic heterocycles. The zero-order chi connectivity index (χ0) is 7.84. The number of hydrogen-bond acceptors (Lipinski definition) is 1. The lowest BCUT2D eigenvalue weighted by molar-refractivity contribution is -0.113. The lowest BCUT2D eigenvalue weighted by atomic mass is 10.2. The quantitative estimate of drug-likeness (QED) is 0.589. The summed E-state index contributed by atoms with van der Waals surface area (Å²) in [6.45, 7) is 2.36. The van der Waals surface area contributed by atoms with Gasteiger partial charge in [-0.05, 0) is 25.1 Å². The molecule has 0 fully saturated rings. The van der Waals surface area contributed by atoms with Crippen molar-refractivity contribution >= 4 is 11.9 Å². The van der Waals surface area contributed by atoms with Crippen molar-refractivity contribution in [2.75, 3.05) is 0 Å². The maximum atomic E-state index is 10.9. The van der Waals surface area contributed by atoms with Crippen molar-refractivity contribution in [2.24, 2.45) is 0 Å². The Morgan fingerprint density at radius 3 is 3.09 bits per heavy atom. The highest BCUT2D eigenvalue weighted by atomic mass is 16.1. The van der Waals surface area contributed by atoms with E-state index < -0.39 is 0 Å². The molecule has 0 saturated heterocycles. The zero-order valence-electron chi connectivity index (χ0n) is 6.37. The van der Waals surface area contributed by atoms with Crippen molar-refractivity contribution in [1.29, 1.82) is 0 Å². The number of carbonyl (C=O) groups is 1. The molecule has 0 radical (unpaired) electrons. The first-order valence-corrected chi connectivity index (χ1v) is 3.64.